The topological polar surface area (TPSA) is 58.4 Å². The Morgan fingerprint density at radius 1 is 1.41 bits per heavy atom. The molecule has 0 radical (unpaired) electrons. The zero-order valence-electron chi connectivity index (χ0n) is 13.0. The molecule has 0 unspecified atom stereocenters. The second-order valence-electron chi connectivity index (χ2n) is 5.36. The molecule has 0 bridgehead atoms. The number of carbonyl (C=O) groups is 1. The second-order valence-corrected chi connectivity index (χ2v) is 6.28. The molecule has 1 heterocycles. The van der Waals surface area contributed by atoms with Gasteiger partial charge in [0.1, 0.15) is 5.76 Å². The molecule has 5 nitrogen and oxygen atoms in total. The number of hydrogen-bond acceptors (Lipinski definition) is 4. The molecule has 1 amide bonds. The molecule has 0 saturated carbocycles. The van der Waals surface area contributed by atoms with Gasteiger partial charge >= 0.3 is 0 Å². The van der Waals surface area contributed by atoms with Crippen LogP contribution in [0.4, 0.5) is 0 Å². The van der Waals surface area contributed by atoms with E-state index in [2.05, 4.69) is 26.2 Å². The van der Waals surface area contributed by atoms with Crippen molar-refractivity contribution in [2.45, 2.75) is 13.3 Å². The molecular weight excluding hydrogens is 346 g/mol. The van der Waals surface area contributed by atoms with E-state index in [0.29, 0.717) is 23.9 Å². The molecule has 0 aliphatic heterocycles. The van der Waals surface area contributed by atoms with E-state index in [-0.39, 0.29) is 12.3 Å². The first-order valence-corrected chi connectivity index (χ1v) is 7.88. The third-order valence-electron chi connectivity index (χ3n) is 3.17. The summed E-state index contributed by atoms with van der Waals surface area (Å²) in [6.07, 6.45) is 0.233. The summed E-state index contributed by atoms with van der Waals surface area (Å²) in [6, 6.07) is 7.73. The highest BCUT2D eigenvalue weighted by Crippen LogP contribution is 2.24. The van der Waals surface area contributed by atoms with Crippen LogP contribution in [0.1, 0.15) is 11.5 Å². The van der Waals surface area contributed by atoms with Gasteiger partial charge in [0.05, 0.1) is 12.1 Å². The van der Waals surface area contributed by atoms with E-state index >= 15 is 0 Å². The number of likely N-dealkylation sites (N-methyl/N-ethyl adjacent to an activating group) is 1. The molecule has 1 N–H and O–H groups in total. The highest BCUT2D eigenvalue weighted by Gasteiger charge is 2.14. The summed E-state index contributed by atoms with van der Waals surface area (Å²) in [6.45, 7) is 3.27. The van der Waals surface area contributed by atoms with Crippen LogP contribution in [0, 0.1) is 6.92 Å². The Hall–Kier alpha value is -1.66. The van der Waals surface area contributed by atoms with Gasteiger partial charge in [-0.2, -0.15) is 0 Å². The second kappa shape index (κ2) is 7.56. The predicted molar refractivity (Wildman–Crippen MR) is 89.6 cm³/mol. The number of nitrogens with one attached hydrogen (secondary N) is 1. The van der Waals surface area contributed by atoms with E-state index in [0.717, 1.165) is 16.6 Å². The van der Waals surface area contributed by atoms with E-state index in [1.54, 1.807) is 0 Å². The van der Waals surface area contributed by atoms with Gasteiger partial charge in [-0.1, -0.05) is 22.0 Å². The first-order chi connectivity index (χ1) is 10.5. The number of rotatable bonds is 6. The lowest BCUT2D eigenvalue weighted by Crippen LogP contribution is -2.32. The molecule has 118 valence electrons. The summed E-state index contributed by atoms with van der Waals surface area (Å²) >= 11 is 3.43. The van der Waals surface area contributed by atoms with Crippen molar-refractivity contribution in [3.05, 3.63) is 40.2 Å². The molecule has 1 aromatic heterocycles. The molecule has 1 aromatic carbocycles. The fourth-order valence-corrected chi connectivity index (χ4v) is 2.37. The first-order valence-electron chi connectivity index (χ1n) is 7.09. The van der Waals surface area contributed by atoms with Gasteiger partial charge in [0.2, 0.25) is 11.8 Å². The SMILES string of the molecule is Cc1oc(-c2cccc(Br)c2)nc1CC(=O)NCCN(C)C. The molecular formula is C16H20BrN3O2. The van der Waals surface area contributed by atoms with Crippen LogP contribution in [0.25, 0.3) is 11.5 Å². The Labute approximate surface area is 138 Å². The minimum absolute atomic E-state index is 0.0426. The normalized spacial score (nSPS) is 11.0. The van der Waals surface area contributed by atoms with Gasteiger partial charge < -0.3 is 14.6 Å². The van der Waals surface area contributed by atoms with Crippen molar-refractivity contribution >= 4 is 21.8 Å². The highest BCUT2D eigenvalue weighted by molar-refractivity contribution is 9.10. The summed E-state index contributed by atoms with van der Waals surface area (Å²) in [5.41, 5.74) is 1.56. The van der Waals surface area contributed by atoms with Crippen LogP contribution in [0.3, 0.4) is 0 Å². The quantitative estimate of drug-likeness (QED) is 0.854. The first kappa shape index (κ1) is 16.7. The van der Waals surface area contributed by atoms with Crippen LogP contribution in [0.15, 0.2) is 33.2 Å². The third kappa shape index (κ3) is 4.68. The Morgan fingerprint density at radius 3 is 2.86 bits per heavy atom. The number of oxazole rings is 1. The standard InChI is InChI=1S/C16H20BrN3O2/c1-11-14(10-15(21)18-7-8-20(2)3)19-16(22-11)12-5-4-6-13(17)9-12/h4-6,9H,7-8,10H2,1-3H3,(H,18,21). The van der Waals surface area contributed by atoms with Crippen molar-refractivity contribution in [3.8, 4) is 11.5 Å². The Bertz CT molecular complexity index is 653. The number of halogens is 1. The number of benzene rings is 1. The summed E-state index contributed by atoms with van der Waals surface area (Å²) < 4.78 is 6.64. The lowest BCUT2D eigenvalue weighted by atomic mass is 10.2. The van der Waals surface area contributed by atoms with Crippen LogP contribution in [-0.2, 0) is 11.2 Å². The van der Waals surface area contributed by atoms with Gasteiger partial charge in [-0.05, 0) is 39.2 Å². The molecule has 0 fully saturated rings. The summed E-state index contributed by atoms with van der Waals surface area (Å²) in [7, 11) is 3.94. The van der Waals surface area contributed by atoms with Gasteiger partial charge in [-0.3, -0.25) is 4.79 Å². The van der Waals surface area contributed by atoms with Crippen molar-refractivity contribution in [2.24, 2.45) is 0 Å². The lowest BCUT2D eigenvalue weighted by molar-refractivity contribution is -0.120. The van der Waals surface area contributed by atoms with E-state index < -0.39 is 0 Å². The summed E-state index contributed by atoms with van der Waals surface area (Å²) in [4.78, 5) is 18.4. The molecule has 0 spiro atoms. The predicted octanol–water partition coefficient (Wildman–Crippen LogP) is 2.63. The maximum atomic E-state index is 11.9. The number of nitrogens with zero attached hydrogens (tertiary/aromatic N) is 2. The van der Waals surface area contributed by atoms with Crippen molar-refractivity contribution in [1.82, 2.24) is 15.2 Å². The zero-order valence-corrected chi connectivity index (χ0v) is 14.6. The fraction of sp³-hybridized carbons (Fsp3) is 0.375. The number of carbonyl (C=O) groups excluding carboxylic acids is 1. The molecule has 0 aliphatic carbocycles. The third-order valence-corrected chi connectivity index (χ3v) is 3.67. The Morgan fingerprint density at radius 2 is 2.18 bits per heavy atom. The van der Waals surface area contributed by atoms with Gasteiger partial charge in [-0.15, -0.1) is 0 Å². The van der Waals surface area contributed by atoms with Crippen LogP contribution < -0.4 is 5.32 Å². The van der Waals surface area contributed by atoms with E-state index in [1.165, 1.54) is 0 Å². The number of hydrogen-bond donors (Lipinski definition) is 1. The zero-order chi connectivity index (χ0) is 16.1. The molecule has 6 heteroatoms. The molecule has 2 aromatic rings. The maximum absolute atomic E-state index is 11.9. The monoisotopic (exact) mass is 365 g/mol. The highest BCUT2D eigenvalue weighted by atomic mass is 79.9. The smallest absolute Gasteiger partial charge is 0.226 e. The Kier molecular flexibility index (Phi) is 5.74. The lowest BCUT2D eigenvalue weighted by Gasteiger charge is -2.09. The van der Waals surface area contributed by atoms with Crippen LogP contribution in [0.2, 0.25) is 0 Å². The molecule has 0 aliphatic rings. The van der Waals surface area contributed by atoms with Crippen LogP contribution >= 0.6 is 15.9 Å². The van der Waals surface area contributed by atoms with Crippen molar-refractivity contribution in [2.75, 3.05) is 27.2 Å². The fourth-order valence-electron chi connectivity index (χ4n) is 1.97. The largest absolute Gasteiger partial charge is 0.441 e. The van der Waals surface area contributed by atoms with Gasteiger partial charge in [-0.25, -0.2) is 4.98 Å². The molecule has 0 atom stereocenters. The van der Waals surface area contributed by atoms with Gasteiger partial charge in [0.15, 0.2) is 0 Å². The van der Waals surface area contributed by atoms with Crippen molar-refractivity contribution in [3.63, 3.8) is 0 Å². The average molecular weight is 366 g/mol. The maximum Gasteiger partial charge on any atom is 0.226 e. The minimum atomic E-state index is -0.0426. The molecule has 2 rings (SSSR count). The van der Waals surface area contributed by atoms with E-state index in [1.807, 2.05) is 50.2 Å². The number of amides is 1. The van der Waals surface area contributed by atoms with Gasteiger partial charge in [0.25, 0.3) is 0 Å². The molecule has 0 saturated heterocycles. The average Bonchev–Trinajstić information content (AvgIpc) is 2.80. The van der Waals surface area contributed by atoms with E-state index in [4.69, 9.17) is 4.42 Å². The summed E-state index contributed by atoms with van der Waals surface area (Å²) in [5, 5.41) is 2.88. The van der Waals surface area contributed by atoms with Crippen molar-refractivity contribution in [1.29, 1.82) is 0 Å². The van der Waals surface area contributed by atoms with Crippen molar-refractivity contribution < 1.29 is 9.21 Å². The number of aryl methyl sites for hydroxylation is 1. The van der Waals surface area contributed by atoms with Gasteiger partial charge in [0, 0.05) is 23.1 Å². The Balaban J connectivity index is 2.02. The molecule has 22 heavy (non-hydrogen) atoms. The number of aromatic nitrogens is 1. The summed E-state index contributed by atoms with van der Waals surface area (Å²) in [5.74, 6) is 1.17. The van der Waals surface area contributed by atoms with E-state index in [9.17, 15) is 4.79 Å². The van der Waals surface area contributed by atoms with Crippen LogP contribution in [-0.4, -0.2) is 43.0 Å². The minimum Gasteiger partial charge on any atom is -0.441 e. The van der Waals surface area contributed by atoms with Crippen LogP contribution in [0.5, 0.6) is 0 Å².